The van der Waals surface area contributed by atoms with Crippen LogP contribution in [-0.2, 0) is 16.1 Å². The predicted octanol–water partition coefficient (Wildman–Crippen LogP) is 4.56. The third kappa shape index (κ3) is 6.16. The fourth-order valence-corrected chi connectivity index (χ4v) is 3.74. The van der Waals surface area contributed by atoms with Gasteiger partial charge in [0.25, 0.3) is 0 Å². The van der Waals surface area contributed by atoms with Crippen LogP contribution in [0.25, 0.3) is 0 Å². The fourth-order valence-electron chi connectivity index (χ4n) is 2.49. The van der Waals surface area contributed by atoms with Crippen LogP contribution in [0.5, 0.6) is 0 Å². The van der Waals surface area contributed by atoms with Crippen molar-refractivity contribution >= 4 is 46.8 Å². The van der Waals surface area contributed by atoms with Gasteiger partial charge in [-0.25, -0.2) is 0 Å². The third-order valence-corrected chi connectivity index (χ3v) is 5.74. The highest BCUT2D eigenvalue weighted by molar-refractivity contribution is 8.00. The van der Waals surface area contributed by atoms with Gasteiger partial charge in [-0.3, -0.25) is 9.59 Å². The van der Waals surface area contributed by atoms with Crippen LogP contribution < -0.4 is 5.32 Å². The number of aryl methyl sites for hydroxylation is 1. The van der Waals surface area contributed by atoms with E-state index in [0.717, 1.165) is 16.0 Å². The van der Waals surface area contributed by atoms with E-state index in [9.17, 15) is 9.59 Å². The Morgan fingerprint density at radius 2 is 1.81 bits per heavy atom. The first-order valence-electron chi connectivity index (χ1n) is 8.46. The number of halogens is 2. The molecule has 2 amide bonds. The molecule has 0 aliphatic heterocycles. The number of benzene rings is 2. The summed E-state index contributed by atoms with van der Waals surface area (Å²) in [5, 5.41) is 3.59. The number of rotatable bonds is 7. The minimum atomic E-state index is -0.618. The SMILES string of the molecule is CNC(=O)[C@H](C)N(Cc1ccc(Cl)cc1Cl)C(=O)CSc1ccc(C)cc1. The van der Waals surface area contributed by atoms with Crippen molar-refractivity contribution in [3.63, 3.8) is 0 Å². The molecule has 0 heterocycles. The monoisotopic (exact) mass is 424 g/mol. The second kappa shape index (κ2) is 10.0. The van der Waals surface area contributed by atoms with Crippen LogP contribution in [0.15, 0.2) is 47.4 Å². The number of nitrogens with zero attached hydrogens (tertiary/aromatic N) is 1. The molecule has 0 unspecified atom stereocenters. The van der Waals surface area contributed by atoms with Crippen molar-refractivity contribution in [3.8, 4) is 0 Å². The maximum absolute atomic E-state index is 12.9. The molecule has 2 aromatic carbocycles. The molecule has 0 aliphatic rings. The van der Waals surface area contributed by atoms with Gasteiger partial charge in [-0.15, -0.1) is 11.8 Å². The molecule has 1 N–H and O–H groups in total. The van der Waals surface area contributed by atoms with Crippen molar-refractivity contribution in [2.75, 3.05) is 12.8 Å². The van der Waals surface area contributed by atoms with Gasteiger partial charge in [0, 0.05) is 28.5 Å². The van der Waals surface area contributed by atoms with Gasteiger partial charge < -0.3 is 10.2 Å². The lowest BCUT2D eigenvalue weighted by Crippen LogP contribution is -2.47. The highest BCUT2D eigenvalue weighted by Gasteiger charge is 2.26. The summed E-state index contributed by atoms with van der Waals surface area (Å²) in [6.45, 7) is 3.96. The lowest BCUT2D eigenvalue weighted by molar-refractivity contribution is -0.138. The minimum absolute atomic E-state index is 0.136. The molecule has 4 nitrogen and oxygen atoms in total. The third-order valence-electron chi connectivity index (χ3n) is 4.15. The minimum Gasteiger partial charge on any atom is -0.357 e. The predicted molar refractivity (Wildman–Crippen MR) is 112 cm³/mol. The molecule has 0 bridgehead atoms. The number of nitrogens with one attached hydrogen (secondary N) is 1. The molecule has 0 radical (unpaired) electrons. The Balaban J connectivity index is 2.16. The summed E-state index contributed by atoms with van der Waals surface area (Å²) in [5.41, 5.74) is 1.91. The highest BCUT2D eigenvalue weighted by Crippen LogP contribution is 2.24. The van der Waals surface area contributed by atoms with Crippen molar-refractivity contribution < 1.29 is 9.59 Å². The van der Waals surface area contributed by atoms with Crippen LogP contribution in [0.1, 0.15) is 18.1 Å². The summed E-state index contributed by atoms with van der Waals surface area (Å²) >= 11 is 13.6. The Hall–Kier alpha value is -1.69. The largest absolute Gasteiger partial charge is 0.357 e. The van der Waals surface area contributed by atoms with Gasteiger partial charge in [0.15, 0.2) is 0 Å². The van der Waals surface area contributed by atoms with Crippen LogP contribution in [-0.4, -0.2) is 35.6 Å². The number of amides is 2. The van der Waals surface area contributed by atoms with E-state index in [1.165, 1.54) is 16.7 Å². The summed E-state index contributed by atoms with van der Waals surface area (Å²) in [5.74, 6) is -0.133. The highest BCUT2D eigenvalue weighted by atomic mass is 35.5. The topological polar surface area (TPSA) is 49.4 Å². The average molecular weight is 425 g/mol. The maximum atomic E-state index is 12.9. The summed E-state index contributed by atoms with van der Waals surface area (Å²) in [4.78, 5) is 27.6. The molecule has 0 spiro atoms. The van der Waals surface area contributed by atoms with E-state index in [1.54, 1.807) is 32.2 Å². The zero-order valence-corrected chi connectivity index (χ0v) is 17.8. The van der Waals surface area contributed by atoms with Gasteiger partial charge in [0.2, 0.25) is 11.8 Å². The standard InChI is InChI=1S/C20H22Cl2N2O2S/c1-13-4-8-17(9-5-13)27-12-19(25)24(14(2)20(26)23-3)11-15-6-7-16(21)10-18(15)22/h4-10,14H,11-12H2,1-3H3,(H,23,26)/t14-/m0/s1. The molecular formula is C20H22Cl2N2O2S. The average Bonchev–Trinajstić information content (AvgIpc) is 2.65. The normalized spacial score (nSPS) is 11.7. The lowest BCUT2D eigenvalue weighted by atomic mass is 10.1. The van der Waals surface area contributed by atoms with Crippen molar-refractivity contribution in [2.45, 2.75) is 31.3 Å². The number of carbonyl (C=O) groups excluding carboxylic acids is 2. The molecule has 144 valence electrons. The zero-order chi connectivity index (χ0) is 20.0. The number of hydrogen-bond acceptors (Lipinski definition) is 3. The second-order valence-electron chi connectivity index (χ2n) is 6.15. The van der Waals surface area contributed by atoms with Crippen molar-refractivity contribution in [1.82, 2.24) is 10.2 Å². The molecule has 0 aliphatic carbocycles. The molecule has 2 aromatic rings. The van der Waals surface area contributed by atoms with Crippen LogP contribution in [0.2, 0.25) is 10.0 Å². The van der Waals surface area contributed by atoms with Crippen LogP contribution in [0.3, 0.4) is 0 Å². The fraction of sp³-hybridized carbons (Fsp3) is 0.300. The molecule has 0 saturated carbocycles. The quantitative estimate of drug-likeness (QED) is 0.662. The second-order valence-corrected chi connectivity index (χ2v) is 8.04. The van der Waals surface area contributed by atoms with Crippen molar-refractivity contribution in [1.29, 1.82) is 0 Å². The number of thioether (sulfide) groups is 1. The van der Waals surface area contributed by atoms with Gasteiger partial charge in [-0.05, 0) is 43.7 Å². The molecular weight excluding hydrogens is 403 g/mol. The summed E-state index contributed by atoms with van der Waals surface area (Å²) in [7, 11) is 1.55. The number of carbonyl (C=O) groups is 2. The van der Waals surface area contributed by atoms with E-state index >= 15 is 0 Å². The summed E-state index contributed by atoms with van der Waals surface area (Å²) in [6, 6.07) is 12.5. The number of likely N-dealkylation sites (N-methyl/N-ethyl adjacent to an activating group) is 1. The first kappa shape index (κ1) is 21.6. The van der Waals surface area contributed by atoms with Gasteiger partial charge in [-0.1, -0.05) is 47.0 Å². The Morgan fingerprint density at radius 3 is 2.41 bits per heavy atom. The van der Waals surface area contributed by atoms with Crippen LogP contribution in [0.4, 0.5) is 0 Å². The molecule has 0 aromatic heterocycles. The van der Waals surface area contributed by atoms with Gasteiger partial charge in [0.1, 0.15) is 6.04 Å². The molecule has 1 atom stereocenters. The van der Waals surface area contributed by atoms with E-state index in [1.807, 2.05) is 31.2 Å². The van der Waals surface area contributed by atoms with Gasteiger partial charge in [-0.2, -0.15) is 0 Å². The van der Waals surface area contributed by atoms with E-state index < -0.39 is 6.04 Å². The summed E-state index contributed by atoms with van der Waals surface area (Å²) in [6.07, 6.45) is 0. The van der Waals surface area contributed by atoms with Gasteiger partial charge >= 0.3 is 0 Å². The van der Waals surface area contributed by atoms with E-state index in [-0.39, 0.29) is 24.1 Å². The van der Waals surface area contributed by atoms with E-state index in [2.05, 4.69) is 5.32 Å². The van der Waals surface area contributed by atoms with Gasteiger partial charge in [0.05, 0.1) is 5.75 Å². The van der Waals surface area contributed by atoms with Crippen LogP contribution in [0, 0.1) is 6.92 Å². The van der Waals surface area contributed by atoms with E-state index in [0.29, 0.717) is 10.0 Å². The molecule has 0 saturated heterocycles. The molecule has 0 fully saturated rings. The number of hydrogen-bond donors (Lipinski definition) is 1. The smallest absolute Gasteiger partial charge is 0.242 e. The van der Waals surface area contributed by atoms with E-state index in [4.69, 9.17) is 23.2 Å². The molecule has 7 heteroatoms. The Bertz CT molecular complexity index is 812. The first-order chi connectivity index (χ1) is 12.8. The Morgan fingerprint density at radius 1 is 1.15 bits per heavy atom. The molecule has 27 heavy (non-hydrogen) atoms. The zero-order valence-electron chi connectivity index (χ0n) is 15.5. The summed E-state index contributed by atoms with van der Waals surface area (Å²) < 4.78 is 0. The maximum Gasteiger partial charge on any atom is 0.242 e. The Kier molecular flexibility index (Phi) is 8.02. The Labute approximate surface area is 174 Å². The van der Waals surface area contributed by atoms with Crippen molar-refractivity contribution in [2.24, 2.45) is 0 Å². The molecule has 2 rings (SSSR count). The lowest BCUT2D eigenvalue weighted by Gasteiger charge is -2.28. The first-order valence-corrected chi connectivity index (χ1v) is 10.2. The van der Waals surface area contributed by atoms with Crippen molar-refractivity contribution in [3.05, 3.63) is 63.6 Å². The van der Waals surface area contributed by atoms with Crippen LogP contribution >= 0.6 is 35.0 Å².